The molecule has 0 bridgehead atoms. The molecule has 0 atom stereocenters. The number of thiocarbonyl (C=S) groups is 1. The third-order valence-corrected chi connectivity index (χ3v) is 4.60. The van der Waals surface area contributed by atoms with Crippen molar-refractivity contribution in [2.75, 3.05) is 29.9 Å². The van der Waals surface area contributed by atoms with Gasteiger partial charge in [0.1, 0.15) is 0 Å². The van der Waals surface area contributed by atoms with Gasteiger partial charge in [-0.2, -0.15) is 11.8 Å². The average Bonchev–Trinajstić information content (AvgIpc) is 2.39. The molecule has 0 radical (unpaired) electrons. The van der Waals surface area contributed by atoms with Crippen LogP contribution in [-0.4, -0.2) is 34.6 Å². The normalized spacial score (nSPS) is 16.3. The van der Waals surface area contributed by atoms with Crippen LogP contribution in [0.1, 0.15) is 26.3 Å². The van der Waals surface area contributed by atoms with Crippen LogP contribution in [0.25, 0.3) is 0 Å². The number of hydrogen-bond acceptors (Lipinski definition) is 2. The first kappa shape index (κ1) is 14.7. The Kier molecular flexibility index (Phi) is 4.74. The van der Waals surface area contributed by atoms with Gasteiger partial charge in [0, 0.05) is 30.3 Å². The van der Waals surface area contributed by atoms with Crippen LogP contribution in [0.4, 0.5) is 5.69 Å². The molecule has 0 aromatic heterocycles. The smallest absolute Gasteiger partial charge is 0.173 e. The van der Waals surface area contributed by atoms with E-state index in [1.165, 1.54) is 17.1 Å². The summed E-state index contributed by atoms with van der Waals surface area (Å²) in [6.07, 6.45) is 0. The van der Waals surface area contributed by atoms with Gasteiger partial charge < -0.3 is 10.2 Å². The van der Waals surface area contributed by atoms with Gasteiger partial charge in [-0.05, 0) is 35.3 Å². The van der Waals surface area contributed by atoms with Crippen LogP contribution in [0.2, 0.25) is 0 Å². The lowest BCUT2D eigenvalue weighted by Gasteiger charge is -2.29. The second-order valence-corrected chi connectivity index (χ2v) is 7.47. The van der Waals surface area contributed by atoms with Gasteiger partial charge in [-0.25, -0.2) is 0 Å². The zero-order valence-corrected chi connectivity index (χ0v) is 13.5. The molecule has 2 nitrogen and oxygen atoms in total. The van der Waals surface area contributed by atoms with Crippen molar-refractivity contribution in [3.05, 3.63) is 29.8 Å². The van der Waals surface area contributed by atoms with Crippen molar-refractivity contribution < 1.29 is 0 Å². The van der Waals surface area contributed by atoms with Gasteiger partial charge in [0.05, 0.1) is 0 Å². The van der Waals surface area contributed by atoms with Crippen molar-refractivity contribution in [3.8, 4) is 0 Å². The fourth-order valence-corrected chi connectivity index (χ4v) is 3.23. The van der Waals surface area contributed by atoms with E-state index in [1.54, 1.807) is 0 Å². The number of anilines is 1. The Balaban J connectivity index is 1.97. The first-order valence-electron chi connectivity index (χ1n) is 6.71. The second kappa shape index (κ2) is 6.14. The lowest BCUT2D eigenvalue weighted by atomic mass is 9.87. The van der Waals surface area contributed by atoms with Gasteiger partial charge in [-0.3, -0.25) is 0 Å². The van der Waals surface area contributed by atoms with E-state index in [0.717, 1.165) is 23.9 Å². The lowest BCUT2D eigenvalue weighted by Crippen LogP contribution is -2.40. The first-order chi connectivity index (χ1) is 8.97. The van der Waals surface area contributed by atoms with Crippen molar-refractivity contribution in [1.29, 1.82) is 0 Å². The summed E-state index contributed by atoms with van der Waals surface area (Å²) in [6, 6.07) is 8.59. The van der Waals surface area contributed by atoms with Crippen molar-refractivity contribution in [2.24, 2.45) is 0 Å². The van der Waals surface area contributed by atoms with Crippen LogP contribution >= 0.6 is 24.0 Å². The third-order valence-electron chi connectivity index (χ3n) is 3.30. The van der Waals surface area contributed by atoms with Crippen LogP contribution in [-0.2, 0) is 5.41 Å². The summed E-state index contributed by atoms with van der Waals surface area (Å²) in [4.78, 5) is 2.25. The maximum Gasteiger partial charge on any atom is 0.173 e. The maximum atomic E-state index is 5.47. The van der Waals surface area contributed by atoms with Gasteiger partial charge in [0.25, 0.3) is 0 Å². The minimum Gasteiger partial charge on any atom is -0.347 e. The molecule has 0 unspecified atom stereocenters. The van der Waals surface area contributed by atoms with Crippen LogP contribution in [0.15, 0.2) is 24.3 Å². The largest absolute Gasteiger partial charge is 0.347 e. The highest BCUT2D eigenvalue weighted by Crippen LogP contribution is 2.23. The standard InChI is InChI=1S/C15H22N2S2/c1-15(2,3)12-4-6-13(7-5-12)16-14(18)17-8-10-19-11-9-17/h4-7H,8-11H2,1-3H3,(H,16,18). The molecule has 1 saturated heterocycles. The number of benzene rings is 1. The molecule has 1 aromatic carbocycles. The molecular weight excluding hydrogens is 272 g/mol. The molecule has 0 amide bonds. The number of nitrogens with one attached hydrogen (secondary N) is 1. The molecule has 2 rings (SSSR count). The molecule has 1 aliphatic rings. The number of rotatable bonds is 1. The number of nitrogens with zero attached hydrogens (tertiary/aromatic N) is 1. The fourth-order valence-electron chi connectivity index (χ4n) is 2.02. The highest BCUT2D eigenvalue weighted by atomic mass is 32.2. The molecule has 0 aliphatic carbocycles. The summed E-state index contributed by atoms with van der Waals surface area (Å²) in [5, 5.41) is 4.19. The van der Waals surface area contributed by atoms with Crippen molar-refractivity contribution in [3.63, 3.8) is 0 Å². The number of thioether (sulfide) groups is 1. The monoisotopic (exact) mass is 294 g/mol. The Hall–Kier alpha value is -0.740. The van der Waals surface area contributed by atoms with Gasteiger partial charge in [0.15, 0.2) is 5.11 Å². The Morgan fingerprint density at radius 1 is 1.16 bits per heavy atom. The predicted octanol–water partition coefficient (Wildman–Crippen LogP) is 3.73. The van der Waals surface area contributed by atoms with Gasteiger partial charge in [-0.15, -0.1) is 0 Å². The van der Waals surface area contributed by atoms with Crippen LogP contribution in [0, 0.1) is 0 Å². The minimum absolute atomic E-state index is 0.198. The molecule has 1 fully saturated rings. The highest BCUT2D eigenvalue weighted by Gasteiger charge is 2.15. The molecule has 19 heavy (non-hydrogen) atoms. The van der Waals surface area contributed by atoms with E-state index >= 15 is 0 Å². The Morgan fingerprint density at radius 3 is 2.26 bits per heavy atom. The van der Waals surface area contributed by atoms with E-state index in [0.29, 0.717) is 0 Å². The van der Waals surface area contributed by atoms with E-state index in [4.69, 9.17) is 12.2 Å². The molecule has 0 spiro atoms. The molecule has 0 saturated carbocycles. The molecular formula is C15H22N2S2. The summed E-state index contributed by atoms with van der Waals surface area (Å²) >= 11 is 7.47. The molecule has 4 heteroatoms. The topological polar surface area (TPSA) is 15.3 Å². The molecule has 1 heterocycles. The Bertz CT molecular complexity index is 428. The Morgan fingerprint density at radius 2 is 1.74 bits per heavy atom. The Labute approximate surface area is 126 Å². The number of hydrogen-bond donors (Lipinski definition) is 1. The summed E-state index contributed by atoms with van der Waals surface area (Å²) in [6.45, 7) is 8.79. The van der Waals surface area contributed by atoms with Crippen molar-refractivity contribution in [2.45, 2.75) is 26.2 Å². The van der Waals surface area contributed by atoms with E-state index in [1.807, 2.05) is 11.8 Å². The molecule has 1 aromatic rings. The lowest BCUT2D eigenvalue weighted by molar-refractivity contribution is 0.470. The van der Waals surface area contributed by atoms with Crippen LogP contribution in [0.5, 0.6) is 0 Å². The van der Waals surface area contributed by atoms with Crippen LogP contribution < -0.4 is 5.32 Å². The third kappa shape index (κ3) is 4.11. The molecule has 104 valence electrons. The fraction of sp³-hybridized carbons (Fsp3) is 0.533. The van der Waals surface area contributed by atoms with E-state index in [9.17, 15) is 0 Å². The summed E-state index contributed by atoms with van der Waals surface area (Å²) in [7, 11) is 0. The van der Waals surface area contributed by atoms with Crippen molar-refractivity contribution in [1.82, 2.24) is 4.90 Å². The van der Waals surface area contributed by atoms with Gasteiger partial charge >= 0.3 is 0 Å². The quantitative estimate of drug-likeness (QED) is 0.794. The molecule has 1 N–H and O–H groups in total. The SMILES string of the molecule is CC(C)(C)c1ccc(NC(=S)N2CCSCC2)cc1. The highest BCUT2D eigenvalue weighted by molar-refractivity contribution is 7.99. The van der Waals surface area contributed by atoms with E-state index in [-0.39, 0.29) is 5.41 Å². The van der Waals surface area contributed by atoms with Gasteiger partial charge in [-0.1, -0.05) is 32.9 Å². The second-order valence-electron chi connectivity index (χ2n) is 5.86. The van der Waals surface area contributed by atoms with Crippen LogP contribution in [0.3, 0.4) is 0 Å². The van der Waals surface area contributed by atoms with E-state index < -0.39 is 0 Å². The van der Waals surface area contributed by atoms with Crippen molar-refractivity contribution >= 4 is 34.8 Å². The summed E-state index contributed by atoms with van der Waals surface area (Å²) in [5.74, 6) is 2.34. The van der Waals surface area contributed by atoms with E-state index in [2.05, 4.69) is 55.3 Å². The maximum absolute atomic E-state index is 5.47. The minimum atomic E-state index is 0.198. The zero-order valence-electron chi connectivity index (χ0n) is 11.9. The summed E-state index contributed by atoms with van der Waals surface area (Å²) in [5.41, 5.74) is 2.62. The zero-order chi connectivity index (χ0) is 13.9. The summed E-state index contributed by atoms with van der Waals surface area (Å²) < 4.78 is 0. The first-order valence-corrected chi connectivity index (χ1v) is 8.27. The predicted molar refractivity (Wildman–Crippen MR) is 90.3 cm³/mol. The average molecular weight is 294 g/mol. The van der Waals surface area contributed by atoms with Gasteiger partial charge in [0.2, 0.25) is 0 Å². The molecule has 1 aliphatic heterocycles.